The molecule has 0 bridgehead atoms. The van der Waals surface area contributed by atoms with Gasteiger partial charge >= 0.3 is 0 Å². The number of amides is 1. The summed E-state index contributed by atoms with van der Waals surface area (Å²) in [4.78, 5) is 22.7. The molecule has 1 aliphatic heterocycles. The van der Waals surface area contributed by atoms with Crippen LogP contribution in [-0.4, -0.2) is 66.0 Å². The summed E-state index contributed by atoms with van der Waals surface area (Å²) in [5.41, 5.74) is 19.9. The maximum Gasteiger partial charge on any atom is 0.227 e. The van der Waals surface area contributed by atoms with E-state index < -0.39 is 0 Å². The molecule has 9 heteroatoms. The number of halogens is 2. The highest BCUT2D eigenvalue weighted by Gasteiger charge is 2.38. The van der Waals surface area contributed by atoms with Crippen molar-refractivity contribution in [1.82, 2.24) is 9.80 Å². The third-order valence-electron chi connectivity index (χ3n) is 8.49. The number of carbonyl (C=O) groups excluding carboxylic acids is 1. The second kappa shape index (κ2) is 15.1. The van der Waals surface area contributed by atoms with Crippen LogP contribution in [0.4, 0.5) is 0 Å². The van der Waals surface area contributed by atoms with Gasteiger partial charge in [0, 0.05) is 54.3 Å². The van der Waals surface area contributed by atoms with Crippen LogP contribution in [0.2, 0.25) is 10.0 Å². The Morgan fingerprint density at radius 2 is 1.81 bits per heavy atom. The van der Waals surface area contributed by atoms with E-state index in [2.05, 4.69) is 59.0 Å². The van der Waals surface area contributed by atoms with E-state index in [0.717, 1.165) is 42.3 Å². The molecule has 1 fully saturated rings. The van der Waals surface area contributed by atoms with E-state index in [0.29, 0.717) is 48.4 Å². The molecule has 0 radical (unpaired) electrons. The van der Waals surface area contributed by atoms with Crippen LogP contribution in [0.1, 0.15) is 44.2 Å². The van der Waals surface area contributed by atoms with Gasteiger partial charge in [0.15, 0.2) is 5.96 Å². The van der Waals surface area contributed by atoms with E-state index in [1.807, 2.05) is 24.3 Å². The summed E-state index contributed by atoms with van der Waals surface area (Å²) in [5, 5.41) is 3.57. The van der Waals surface area contributed by atoms with Gasteiger partial charge in [0.05, 0.1) is 6.42 Å². The zero-order valence-corrected chi connectivity index (χ0v) is 26.2. The molecule has 1 aliphatic rings. The van der Waals surface area contributed by atoms with Gasteiger partial charge in [0.25, 0.3) is 0 Å². The van der Waals surface area contributed by atoms with Crippen molar-refractivity contribution in [2.45, 2.75) is 64.1 Å². The lowest BCUT2D eigenvalue weighted by Gasteiger charge is -2.49. The van der Waals surface area contributed by atoms with E-state index in [-0.39, 0.29) is 30.0 Å². The molecule has 0 spiro atoms. The number of carbonyl (C=O) groups is 1. The number of hydrogen-bond acceptors (Lipinski definition) is 4. The summed E-state index contributed by atoms with van der Waals surface area (Å²) in [6.07, 6.45) is 3.69. The van der Waals surface area contributed by atoms with Gasteiger partial charge in [0.2, 0.25) is 5.91 Å². The smallest absolute Gasteiger partial charge is 0.227 e. The van der Waals surface area contributed by atoms with E-state index in [1.54, 1.807) is 6.07 Å². The molecule has 3 aromatic carbocycles. The fraction of sp³-hybridized carbons (Fsp3) is 0.455. The van der Waals surface area contributed by atoms with Crippen molar-refractivity contribution < 1.29 is 4.79 Å². The summed E-state index contributed by atoms with van der Waals surface area (Å²) in [7, 11) is 0. The van der Waals surface area contributed by atoms with Gasteiger partial charge in [-0.15, -0.1) is 0 Å². The van der Waals surface area contributed by atoms with Crippen molar-refractivity contribution in [1.29, 1.82) is 0 Å². The first-order valence-electron chi connectivity index (χ1n) is 14.9. The Labute approximate surface area is 260 Å². The molecule has 7 nitrogen and oxygen atoms in total. The van der Waals surface area contributed by atoms with Crippen LogP contribution in [0.3, 0.4) is 0 Å². The number of hydrogen-bond donors (Lipinski definition) is 3. The molecule has 4 atom stereocenters. The maximum atomic E-state index is 13.9. The molecule has 3 aromatic rings. The van der Waals surface area contributed by atoms with Crippen LogP contribution in [0.15, 0.2) is 65.7 Å². The van der Waals surface area contributed by atoms with Gasteiger partial charge in [-0.25, -0.2) is 0 Å². The number of piperazine rings is 1. The van der Waals surface area contributed by atoms with Gasteiger partial charge in [-0.05, 0) is 59.2 Å². The van der Waals surface area contributed by atoms with E-state index in [1.165, 1.54) is 5.39 Å². The van der Waals surface area contributed by atoms with Crippen LogP contribution in [0.25, 0.3) is 10.8 Å². The van der Waals surface area contributed by atoms with Crippen molar-refractivity contribution >= 4 is 45.8 Å². The number of nitrogens with two attached hydrogens (primary N) is 3. The topological polar surface area (TPSA) is 114 Å². The van der Waals surface area contributed by atoms with Gasteiger partial charge in [-0.2, -0.15) is 0 Å². The van der Waals surface area contributed by atoms with Crippen molar-refractivity contribution in [2.24, 2.45) is 28.1 Å². The van der Waals surface area contributed by atoms with Gasteiger partial charge in [-0.3, -0.25) is 14.7 Å². The predicted molar refractivity (Wildman–Crippen MR) is 176 cm³/mol. The van der Waals surface area contributed by atoms with E-state index >= 15 is 0 Å². The molecular weight excluding hydrogens is 567 g/mol. The Hall–Kier alpha value is -2.84. The van der Waals surface area contributed by atoms with Crippen LogP contribution in [0.5, 0.6) is 0 Å². The Morgan fingerprint density at radius 3 is 2.52 bits per heavy atom. The monoisotopic (exact) mass is 610 g/mol. The largest absolute Gasteiger partial charge is 0.370 e. The molecule has 0 aliphatic carbocycles. The molecule has 2 unspecified atom stereocenters. The minimum Gasteiger partial charge on any atom is -0.370 e. The third-order valence-corrected chi connectivity index (χ3v) is 9.08. The average molecular weight is 612 g/mol. The summed E-state index contributed by atoms with van der Waals surface area (Å²) in [6, 6.07) is 20.2. The number of guanidine groups is 1. The van der Waals surface area contributed by atoms with Crippen LogP contribution >= 0.6 is 23.2 Å². The second-order valence-corrected chi connectivity index (χ2v) is 12.5. The van der Waals surface area contributed by atoms with Crippen molar-refractivity contribution in [3.05, 3.63) is 81.8 Å². The lowest BCUT2D eigenvalue weighted by Crippen LogP contribution is -2.63. The van der Waals surface area contributed by atoms with Crippen LogP contribution < -0.4 is 17.2 Å². The second-order valence-electron chi connectivity index (χ2n) is 11.6. The highest BCUT2D eigenvalue weighted by molar-refractivity contribution is 6.35. The Balaban J connectivity index is 1.53. The Bertz CT molecular complexity index is 1380. The first kappa shape index (κ1) is 32.1. The van der Waals surface area contributed by atoms with Gasteiger partial charge in [-0.1, -0.05) is 92.0 Å². The zero-order valence-electron chi connectivity index (χ0n) is 24.7. The number of rotatable bonds is 12. The molecule has 42 heavy (non-hydrogen) atoms. The molecule has 226 valence electrons. The van der Waals surface area contributed by atoms with E-state index in [9.17, 15) is 4.79 Å². The zero-order chi connectivity index (χ0) is 30.2. The molecule has 1 saturated heterocycles. The highest BCUT2D eigenvalue weighted by Crippen LogP contribution is 2.28. The summed E-state index contributed by atoms with van der Waals surface area (Å²) < 4.78 is 0. The normalized spacial score (nSPS) is 19.0. The quantitative estimate of drug-likeness (QED) is 0.147. The van der Waals surface area contributed by atoms with Crippen molar-refractivity contribution in [3.8, 4) is 0 Å². The molecular formula is C33H44Cl2N6O. The minimum atomic E-state index is -0.124. The SMILES string of the molecule is CCC(C)[C@H]1CN(C[C@@H](N)Cc2ccc(Cl)cc2Cl)C(CCCN=C(N)N)CN1C(=O)Cc1ccc2ccccc2c1. The molecule has 0 aromatic heterocycles. The average Bonchev–Trinajstić information content (AvgIpc) is 2.96. The fourth-order valence-electron chi connectivity index (χ4n) is 6.00. The summed E-state index contributed by atoms with van der Waals surface area (Å²) >= 11 is 12.6. The summed E-state index contributed by atoms with van der Waals surface area (Å²) in [5.74, 6) is 0.612. The van der Waals surface area contributed by atoms with E-state index in [4.69, 9.17) is 40.4 Å². The minimum absolute atomic E-state index is 0.0985. The van der Waals surface area contributed by atoms with Gasteiger partial charge < -0.3 is 22.1 Å². The summed E-state index contributed by atoms with van der Waals surface area (Å²) in [6.45, 7) is 7.11. The van der Waals surface area contributed by atoms with Crippen molar-refractivity contribution in [3.63, 3.8) is 0 Å². The first-order valence-corrected chi connectivity index (χ1v) is 15.7. The standard InChI is InChI=1S/C33H44Cl2N6O/c1-3-22(2)31-21-40(19-28(36)17-26-12-13-27(34)18-30(26)35)29(9-6-14-39-33(37)38)20-41(31)32(42)16-23-10-11-24-7-4-5-8-25(24)15-23/h4-5,7-8,10-13,15,18,22,28-29,31H,3,6,9,14,16-17,19-21,36H2,1-2H3,(H4,37,38,39)/t22?,28-,29?,31+/m0/s1. The van der Waals surface area contributed by atoms with Crippen LogP contribution in [0, 0.1) is 5.92 Å². The first-order chi connectivity index (χ1) is 20.1. The molecule has 4 rings (SSSR count). The van der Waals surface area contributed by atoms with Gasteiger partial charge in [0.1, 0.15) is 0 Å². The molecule has 0 saturated carbocycles. The van der Waals surface area contributed by atoms with Crippen LogP contribution in [-0.2, 0) is 17.6 Å². The Morgan fingerprint density at radius 1 is 1.05 bits per heavy atom. The molecule has 6 N–H and O–H groups in total. The fourth-order valence-corrected chi connectivity index (χ4v) is 6.49. The maximum absolute atomic E-state index is 13.9. The lowest BCUT2D eigenvalue weighted by atomic mass is 9.90. The predicted octanol–water partition coefficient (Wildman–Crippen LogP) is 5.24. The number of benzene rings is 3. The number of aliphatic imine (C=N–C) groups is 1. The number of fused-ring (bicyclic) bond motifs is 1. The number of nitrogens with zero attached hydrogens (tertiary/aromatic N) is 3. The Kier molecular flexibility index (Phi) is 11.5. The third kappa shape index (κ3) is 8.60. The molecule has 1 amide bonds. The lowest BCUT2D eigenvalue weighted by molar-refractivity contribution is -0.139. The van der Waals surface area contributed by atoms with Crippen molar-refractivity contribution in [2.75, 3.05) is 26.2 Å². The molecule has 1 heterocycles. The highest BCUT2D eigenvalue weighted by atomic mass is 35.5.